The number of carbonyl (C=O) groups is 1. The fourth-order valence-electron chi connectivity index (χ4n) is 1.78. The van der Waals surface area contributed by atoms with Crippen LogP contribution in [0.5, 0.6) is 5.75 Å². The molecule has 2 rings (SSSR count). The minimum atomic E-state index is -0.675. The van der Waals surface area contributed by atoms with Crippen LogP contribution in [0.2, 0.25) is 5.02 Å². The number of hydrogen-bond donors (Lipinski definition) is 1. The van der Waals surface area contributed by atoms with E-state index < -0.39 is 6.10 Å². The summed E-state index contributed by atoms with van der Waals surface area (Å²) in [6, 6.07) is 9.14. The smallest absolute Gasteiger partial charge is 0.266 e. The standard InChI is InChI=1S/C16H17ClN2O2/c1-10-6-7-13(17)14(9-10)21-12(3)16(20)19-15-11(2)5-4-8-18-15/h4-9,12H,1-3H3,(H,18,19,20). The number of hydrogen-bond acceptors (Lipinski definition) is 3. The van der Waals surface area contributed by atoms with E-state index in [2.05, 4.69) is 10.3 Å². The largest absolute Gasteiger partial charge is 0.479 e. The molecule has 0 bridgehead atoms. The van der Waals surface area contributed by atoms with Gasteiger partial charge in [0.15, 0.2) is 6.10 Å². The highest BCUT2D eigenvalue weighted by atomic mass is 35.5. The molecule has 110 valence electrons. The first kappa shape index (κ1) is 15.3. The zero-order valence-corrected chi connectivity index (χ0v) is 12.9. The van der Waals surface area contributed by atoms with Crippen molar-refractivity contribution in [3.8, 4) is 5.75 Å². The summed E-state index contributed by atoms with van der Waals surface area (Å²) in [5, 5.41) is 3.23. The Hall–Kier alpha value is -2.07. The molecule has 0 saturated carbocycles. The van der Waals surface area contributed by atoms with Gasteiger partial charge in [0.2, 0.25) is 0 Å². The van der Waals surface area contributed by atoms with Gasteiger partial charge in [-0.2, -0.15) is 0 Å². The molecule has 0 aliphatic rings. The third-order valence-electron chi connectivity index (χ3n) is 3.01. The van der Waals surface area contributed by atoms with Crippen LogP contribution < -0.4 is 10.1 Å². The van der Waals surface area contributed by atoms with E-state index in [-0.39, 0.29) is 5.91 Å². The molecule has 0 saturated heterocycles. The summed E-state index contributed by atoms with van der Waals surface area (Å²) < 4.78 is 5.63. The van der Waals surface area contributed by atoms with Crippen LogP contribution in [0.4, 0.5) is 5.82 Å². The van der Waals surface area contributed by atoms with Crippen LogP contribution in [-0.4, -0.2) is 17.0 Å². The van der Waals surface area contributed by atoms with Gasteiger partial charge in [0, 0.05) is 6.20 Å². The van der Waals surface area contributed by atoms with E-state index in [1.165, 1.54) is 0 Å². The molecule has 0 fully saturated rings. The third kappa shape index (κ3) is 3.95. The number of nitrogens with zero attached hydrogens (tertiary/aromatic N) is 1. The lowest BCUT2D eigenvalue weighted by Gasteiger charge is -2.16. The fourth-order valence-corrected chi connectivity index (χ4v) is 1.94. The Bertz CT molecular complexity index is 658. The monoisotopic (exact) mass is 304 g/mol. The van der Waals surface area contributed by atoms with E-state index in [0.29, 0.717) is 16.6 Å². The number of pyridine rings is 1. The van der Waals surface area contributed by atoms with Crippen LogP contribution in [0, 0.1) is 13.8 Å². The molecule has 1 atom stereocenters. The molecular formula is C16H17ClN2O2. The van der Waals surface area contributed by atoms with Gasteiger partial charge in [-0.25, -0.2) is 4.98 Å². The number of aryl methyl sites for hydroxylation is 2. The number of halogens is 1. The van der Waals surface area contributed by atoms with Crippen LogP contribution in [0.25, 0.3) is 0 Å². The van der Waals surface area contributed by atoms with Crippen molar-refractivity contribution in [2.24, 2.45) is 0 Å². The summed E-state index contributed by atoms with van der Waals surface area (Å²) in [4.78, 5) is 16.3. The molecular weight excluding hydrogens is 288 g/mol. The SMILES string of the molecule is Cc1ccc(Cl)c(OC(C)C(=O)Nc2ncccc2C)c1. The summed E-state index contributed by atoms with van der Waals surface area (Å²) in [6.07, 6.45) is 0.955. The Morgan fingerprint density at radius 1 is 1.33 bits per heavy atom. The van der Waals surface area contributed by atoms with Crippen molar-refractivity contribution in [3.63, 3.8) is 0 Å². The van der Waals surface area contributed by atoms with Gasteiger partial charge in [-0.05, 0) is 50.1 Å². The summed E-state index contributed by atoms with van der Waals surface area (Å²) in [7, 11) is 0. The maximum absolute atomic E-state index is 12.1. The van der Waals surface area contributed by atoms with Crippen molar-refractivity contribution in [1.82, 2.24) is 4.98 Å². The van der Waals surface area contributed by atoms with Crippen molar-refractivity contribution < 1.29 is 9.53 Å². The lowest BCUT2D eigenvalue weighted by Crippen LogP contribution is -2.30. The average molecular weight is 305 g/mol. The molecule has 1 aromatic heterocycles. The van der Waals surface area contributed by atoms with Crippen molar-refractivity contribution in [2.75, 3.05) is 5.32 Å². The van der Waals surface area contributed by atoms with Gasteiger partial charge in [-0.1, -0.05) is 23.7 Å². The van der Waals surface area contributed by atoms with E-state index in [0.717, 1.165) is 11.1 Å². The minimum Gasteiger partial charge on any atom is -0.479 e. The predicted octanol–water partition coefficient (Wildman–Crippen LogP) is 3.76. The second kappa shape index (κ2) is 6.59. The maximum Gasteiger partial charge on any atom is 0.266 e. The number of aromatic nitrogens is 1. The highest BCUT2D eigenvalue weighted by Crippen LogP contribution is 2.26. The van der Waals surface area contributed by atoms with Crippen LogP contribution in [0.3, 0.4) is 0 Å². The van der Waals surface area contributed by atoms with Crippen molar-refractivity contribution >= 4 is 23.3 Å². The normalized spacial score (nSPS) is 11.8. The highest BCUT2D eigenvalue weighted by molar-refractivity contribution is 6.32. The quantitative estimate of drug-likeness (QED) is 0.935. The number of rotatable bonds is 4. The summed E-state index contributed by atoms with van der Waals surface area (Å²) in [5.74, 6) is 0.764. The Kier molecular flexibility index (Phi) is 4.81. The summed E-state index contributed by atoms with van der Waals surface area (Å²) in [6.45, 7) is 5.49. The van der Waals surface area contributed by atoms with Gasteiger partial charge < -0.3 is 10.1 Å². The zero-order chi connectivity index (χ0) is 15.4. The first-order chi connectivity index (χ1) is 9.97. The Labute approximate surface area is 129 Å². The molecule has 1 aromatic carbocycles. The Balaban J connectivity index is 2.06. The van der Waals surface area contributed by atoms with E-state index >= 15 is 0 Å². The highest BCUT2D eigenvalue weighted by Gasteiger charge is 2.17. The van der Waals surface area contributed by atoms with Crippen LogP contribution >= 0.6 is 11.6 Å². The zero-order valence-electron chi connectivity index (χ0n) is 12.2. The number of benzene rings is 1. The third-order valence-corrected chi connectivity index (χ3v) is 3.32. The van der Waals surface area contributed by atoms with E-state index in [4.69, 9.17) is 16.3 Å². The van der Waals surface area contributed by atoms with E-state index in [9.17, 15) is 4.79 Å². The second-order valence-corrected chi connectivity index (χ2v) is 5.26. The molecule has 0 spiro atoms. The van der Waals surface area contributed by atoms with Crippen LogP contribution in [0.1, 0.15) is 18.1 Å². The number of ether oxygens (including phenoxy) is 1. The molecule has 1 unspecified atom stereocenters. The fraction of sp³-hybridized carbons (Fsp3) is 0.250. The molecule has 1 amide bonds. The number of amides is 1. The molecule has 0 aliphatic carbocycles. The van der Waals surface area contributed by atoms with Gasteiger partial charge in [0.25, 0.3) is 5.91 Å². The van der Waals surface area contributed by atoms with Gasteiger partial charge >= 0.3 is 0 Å². The predicted molar refractivity (Wildman–Crippen MR) is 83.9 cm³/mol. The molecule has 4 nitrogen and oxygen atoms in total. The Morgan fingerprint density at radius 2 is 2.10 bits per heavy atom. The van der Waals surface area contributed by atoms with Gasteiger partial charge in [0.05, 0.1) is 5.02 Å². The van der Waals surface area contributed by atoms with E-state index in [1.807, 2.05) is 32.0 Å². The topological polar surface area (TPSA) is 51.2 Å². The van der Waals surface area contributed by atoms with E-state index in [1.54, 1.807) is 25.3 Å². The van der Waals surface area contributed by atoms with Crippen molar-refractivity contribution in [3.05, 3.63) is 52.7 Å². The molecule has 1 heterocycles. The van der Waals surface area contributed by atoms with Gasteiger partial charge in [0.1, 0.15) is 11.6 Å². The van der Waals surface area contributed by atoms with Crippen LogP contribution in [0.15, 0.2) is 36.5 Å². The molecule has 2 aromatic rings. The maximum atomic E-state index is 12.1. The van der Waals surface area contributed by atoms with Crippen LogP contribution in [-0.2, 0) is 4.79 Å². The molecule has 0 aliphatic heterocycles. The number of nitrogens with one attached hydrogen (secondary N) is 1. The number of carbonyl (C=O) groups excluding carboxylic acids is 1. The van der Waals surface area contributed by atoms with Crippen molar-refractivity contribution in [2.45, 2.75) is 26.9 Å². The lowest BCUT2D eigenvalue weighted by molar-refractivity contribution is -0.122. The molecule has 1 N–H and O–H groups in total. The minimum absolute atomic E-state index is 0.269. The lowest BCUT2D eigenvalue weighted by atomic mass is 10.2. The number of anilines is 1. The molecule has 21 heavy (non-hydrogen) atoms. The first-order valence-electron chi connectivity index (χ1n) is 6.62. The second-order valence-electron chi connectivity index (χ2n) is 4.85. The molecule has 0 radical (unpaired) electrons. The molecule has 5 heteroatoms. The summed E-state index contributed by atoms with van der Waals surface area (Å²) >= 11 is 6.06. The average Bonchev–Trinajstić information content (AvgIpc) is 2.45. The first-order valence-corrected chi connectivity index (χ1v) is 7.00. The summed E-state index contributed by atoms with van der Waals surface area (Å²) in [5.41, 5.74) is 1.91. The van der Waals surface area contributed by atoms with Crippen molar-refractivity contribution in [1.29, 1.82) is 0 Å². The Morgan fingerprint density at radius 3 is 2.81 bits per heavy atom. The van der Waals surface area contributed by atoms with Gasteiger partial charge in [-0.15, -0.1) is 0 Å². The van der Waals surface area contributed by atoms with Gasteiger partial charge in [-0.3, -0.25) is 4.79 Å².